The van der Waals surface area contributed by atoms with Gasteiger partial charge in [0, 0.05) is 37.9 Å². The van der Waals surface area contributed by atoms with Crippen molar-refractivity contribution in [2.24, 2.45) is 5.73 Å². The van der Waals surface area contributed by atoms with Crippen molar-refractivity contribution in [3.05, 3.63) is 30.1 Å². The first-order chi connectivity index (χ1) is 7.75. The average molecular weight is 292 g/mol. The molecule has 0 aromatic carbocycles. The molecule has 6 heteroatoms. The van der Waals surface area contributed by atoms with Crippen LogP contribution in [0.3, 0.4) is 0 Å². The van der Waals surface area contributed by atoms with Gasteiger partial charge in [-0.25, -0.2) is 0 Å². The van der Waals surface area contributed by atoms with Gasteiger partial charge in [0.15, 0.2) is 0 Å². The molecule has 1 aromatic heterocycles. The van der Waals surface area contributed by atoms with Crippen molar-refractivity contribution in [2.45, 2.75) is 25.3 Å². The van der Waals surface area contributed by atoms with E-state index in [0.29, 0.717) is 6.42 Å². The van der Waals surface area contributed by atoms with E-state index in [1.54, 1.807) is 12.4 Å². The lowest BCUT2D eigenvalue weighted by molar-refractivity contribution is -0.130. The molecular formula is C12H19Cl2N3O. The van der Waals surface area contributed by atoms with E-state index >= 15 is 0 Å². The zero-order valence-corrected chi connectivity index (χ0v) is 11.8. The van der Waals surface area contributed by atoms with Crippen LogP contribution in [0.25, 0.3) is 0 Å². The Labute approximate surface area is 120 Å². The van der Waals surface area contributed by atoms with Crippen molar-refractivity contribution in [1.29, 1.82) is 0 Å². The van der Waals surface area contributed by atoms with Crippen LogP contribution >= 0.6 is 24.8 Å². The summed E-state index contributed by atoms with van der Waals surface area (Å²) in [6.45, 7) is 1.53. The molecule has 18 heavy (non-hydrogen) atoms. The zero-order chi connectivity index (χ0) is 11.4. The van der Waals surface area contributed by atoms with E-state index in [4.69, 9.17) is 5.73 Å². The minimum Gasteiger partial charge on any atom is -0.341 e. The lowest BCUT2D eigenvalue weighted by Crippen LogP contribution is -2.31. The van der Waals surface area contributed by atoms with Crippen molar-refractivity contribution in [3.8, 4) is 0 Å². The van der Waals surface area contributed by atoms with Gasteiger partial charge < -0.3 is 10.6 Å². The third-order valence-electron chi connectivity index (χ3n) is 2.95. The molecule has 4 nitrogen and oxygen atoms in total. The lowest BCUT2D eigenvalue weighted by Gasteiger charge is -2.15. The number of likely N-dealkylation sites (tertiary alicyclic amines) is 1. The summed E-state index contributed by atoms with van der Waals surface area (Å²) in [5, 5.41) is 0. The number of hydrogen-bond donors (Lipinski definition) is 1. The molecule has 2 rings (SSSR count). The molecule has 1 aromatic rings. The number of pyridine rings is 1. The van der Waals surface area contributed by atoms with Gasteiger partial charge in [-0.15, -0.1) is 24.8 Å². The van der Waals surface area contributed by atoms with Gasteiger partial charge in [0.05, 0.1) is 0 Å². The van der Waals surface area contributed by atoms with Gasteiger partial charge in [-0.3, -0.25) is 9.78 Å². The molecule has 0 unspecified atom stereocenters. The molecule has 0 radical (unpaired) electrons. The van der Waals surface area contributed by atoms with E-state index < -0.39 is 0 Å². The van der Waals surface area contributed by atoms with Gasteiger partial charge in [-0.1, -0.05) is 0 Å². The molecular weight excluding hydrogens is 273 g/mol. The van der Waals surface area contributed by atoms with Gasteiger partial charge in [0.1, 0.15) is 0 Å². The highest BCUT2D eigenvalue weighted by atomic mass is 35.5. The number of amides is 1. The maximum atomic E-state index is 11.8. The molecule has 2 heterocycles. The molecule has 1 aliphatic rings. The van der Waals surface area contributed by atoms with Crippen LogP contribution in [-0.2, 0) is 11.2 Å². The van der Waals surface area contributed by atoms with Crippen LogP contribution in [0.15, 0.2) is 24.5 Å². The van der Waals surface area contributed by atoms with E-state index in [1.165, 1.54) is 0 Å². The van der Waals surface area contributed by atoms with E-state index in [1.807, 2.05) is 17.0 Å². The predicted octanol–water partition coefficient (Wildman–Crippen LogP) is 1.42. The third-order valence-corrected chi connectivity index (χ3v) is 2.95. The van der Waals surface area contributed by atoms with E-state index in [-0.39, 0.29) is 36.8 Å². The van der Waals surface area contributed by atoms with Gasteiger partial charge in [0.2, 0.25) is 5.91 Å². The second-order valence-electron chi connectivity index (χ2n) is 4.24. The van der Waals surface area contributed by atoms with Crippen LogP contribution in [0, 0.1) is 0 Å². The maximum absolute atomic E-state index is 11.8. The molecule has 1 amide bonds. The first kappa shape index (κ1) is 17.2. The van der Waals surface area contributed by atoms with Crippen LogP contribution in [-0.4, -0.2) is 34.9 Å². The Hall–Kier alpha value is -0.840. The monoisotopic (exact) mass is 291 g/mol. The Morgan fingerprint density at radius 3 is 2.61 bits per heavy atom. The zero-order valence-electron chi connectivity index (χ0n) is 10.1. The number of aromatic nitrogens is 1. The van der Waals surface area contributed by atoms with Crippen molar-refractivity contribution in [2.75, 3.05) is 13.1 Å². The van der Waals surface area contributed by atoms with Gasteiger partial charge >= 0.3 is 0 Å². The maximum Gasteiger partial charge on any atom is 0.222 e. The minimum atomic E-state index is 0. The van der Waals surface area contributed by atoms with E-state index in [0.717, 1.165) is 31.5 Å². The van der Waals surface area contributed by atoms with Crippen molar-refractivity contribution < 1.29 is 4.79 Å². The lowest BCUT2D eigenvalue weighted by atomic mass is 10.1. The van der Waals surface area contributed by atoms with Gasteiger partial charge in [-0.2, -0.15) is 0 Å². The molecule has 1 fully saturated rings. The average Bonchev–Trinajstić information content (AvgIpc) is 2.74. The summed E-state index contributed by atoms with van der Waals surface area (Å²) in [7, 11) is 0. The van der Waals surface area contributed by atoms with Crippen molar-refractivity contribution >= 4 is 30.7 Å². The smallest absolute Gasteiger partial charge is 0.222 e. The first-order valence-corrected chi connectivity index (χ1v) is 5.68. The Morgan fingerprint density at radius 2 is 2.06 bits per heavy atom. The second kappa shape index (κ2) is 8.29. The van der Waals surface area contributed by atoms with Gasteiger partial charge in [0.25, 0.3) is 0 Å². The molecule has 0 bridgehead atoms. The number of halogens is 2. The summed E-state index contributed by atoms with van der Waals surface area (Å²) < 4.78 is 0. The van der Waals surface area contributed by atoms with Crippen molar-refractivity contribution in [1.82, 2.24) is 9.88 Å². The number of nitrogens with two attached hydrogens (primary N) is 1. The summed E-state index contributed by atoms with van der Waals surface area (Å²) >= 11 is 0. The highest BCUT2D eigenvalue weighted by Gasteiger charge is 2.22. The first-order valence-electron chi connectivity index (χ1n) is 5.68. The number of nitrogens with zero attached hydrogens (tertiary/aromatic N) is 2. The normalized spacial score (nSPS) is 17.8. The van der Waals surface area contributed by atoms with E-state index in [2.05, 4.69) is 4.98 Å². The number of hydrogen-bond acceptors (Lipinski definition) is 3. The van der Waals surface area contributed by atoms with Crippen LogP contribution in [0.5, 0.6) is 0 Å². The predicted molar refractivity (Wildman–Crippen MR) is 76.2 cm³/mol. The molecule has 0 aliphatic carbocycles. The Balaban J connectivity index is 0.00000144. The quantitative estimate of drug-likeness (QED) is 0.916. The Morgan fingerprint density at radius 1 is 1.39 bits per heavy atom. The third kappa shape index (κ3) is 4.80. The van der Waals surface area contributed by atoms with Crippen LogP contribution < -0.4 is 5.73 Å². The summed E-state index contributed by atoms with van der Waals surface area (Å²) in [6, 6.07) is 4.07. The highest BCUT2D eigenvalue weighted by Crippen LogP contribution is 2.10. The van der Waals surface area contributed by atoms with Crippen molar-refractivity contribution in [3.63, 3.8) is 0 Å². The highest BCUT2D eigenvalue weighted by molar-refractivity contribution is 5.85. The molecule has 102 valence electrons. The fourth-order valence-electron chi connectivity index (χ4n) is 1.97. The molecule has 1 aliphatic heterocycles. The second-order valence-corrected chi connectivity index (χ2v) is 4.24. The van der Waals surface area contributed by atoms with Crippen LogP contribution in [0.4, 0.5) is 0 Å². The summed E-state index contributed by atoms with van der Waals surface area (Å²) in [6.07, 6.45) is 5.79. The summed E-state index contributed by atoms with van der Waals surface area (Å²) in [5.74, 6) is 0.213. The fourth-order valence-corrected chi connectivity index (χ4v) is 1.97. The Kier molecular flexibility index (Phi) is 7.91. The molecule has 0 spiro atoms. The number of carbonyl (C=O) groups excluding carboxylic acids is 1. The summed E-state index contributed by atoms with van der Waals surface area (Å²) in [5.41, 5.74) is 6.93. The standard InChI is InChI=1S/C12H17N3O.2ClH/c13-11-5-8-15(9-11)12(16)2-1-10-3-6-14-7-4-10;;/h3-4,6-7,11H,1-2,5,8-9,13H2;2*1H/t11-;;/m0../s1. The number of aryl methyl sites for hydroxylation is 1. The van der Waals surface area contributed by atoms with Gasteiger partial charge in [-0.05, 0) is 30.5 Å². The molecule has 1 saturated heterocycles. The SMILES string of the molecule is Cl.Cl.N[C@H]1CCN(C(=O)CCc2ccncc2)C1. The molecule has 0 saturated carbocycles. The Bertz CT molecular complexity index is 362. The largest absolute Gasteiger partial charge is 0.341 e. The topological polar surface area (TPSA) is 59.2 Å². The molecule has 2 N–H and O–H groups in total. The number of carbonyl (C=O) groups is 1. The molecule has 1 atom stereocenters. The van der Waals surface area contributed by atoms with E-state index in [9.17, 15) is 4.79 Å². The van der Waals surface area contributed by atoms with Crippen LogP contribution in [0.1, 0.15) is 18.4 Å². The summed E-state index contributed by atoms with van der Waals surface area (Å²) in [4.78, 5) is 17.6. The number of rotatable bonds is 3. The fraction of sp³-hybridized carbons (Fsp3) is 0.500. The van der Waals surface area contributed by atoms with Crippen LogP contribution in [0.2, 0.25) is 0 Å². The minimum absolute atomic E-state index is 0.